The molecular formula is C13H16O4. The minimum absolute atomic E-state index is 0.175. The summed E-state index contributed by atoms with van der Waals surface area (Å²) in [4.78, 5) is 23.6. The van der Waals surface area contributed by atoms with Gasteiger partial charge in [0.15, 0.2) is 5.41 Å². The highest BCUT2D eigenvalue weighted by atomic mass is 16.5. The zero-order valence-electron chi connectivity index (χ0n) is 10.3. The number of carbonyl (C=O) groups is 2. The number of esters is 2. The van der Waals surface area contributed by atoms with Gasteiger partial charge in [-0.3, -0.25) is 9.59 Å². The fourth-order valence-corrected chi connectivity index (χ4v) is 1.97. The van der Waals surface area contributed by atoms with Crippen molar-refractivity contribution < 1.29 is 19.1 Å². The lowest BCUT2D eigenvalue weighted by atomic mass is 9.87. The Morgan fingerprint density at radius 1 is 1.29 bits per heavy atom. The van der Waals surface area contributed by atoms with Gasteiger partial charge < -0.3 is 9.47 Å². The zero-order valence-corrected chi connectivity index (χ0v) is 10.3. The third-order valence-corrected chi connectivity index (χ3v) is 2.82. The number of hydrogen-bond acceptors (Lipinski definition) is 4. The Morgan fingerprint density at radius 2 is 1.76 bits per heavy atom. The summed E-state index contributed by atoms with van der Waals surface area (Å²) in [5.41, 5.74) is 0.758. The van der Waals surface area contributed by atoms with Crippen molar-refractivity contribution >= 4 is 11.9 Å². The van der Waals surface area contributed by atoms with Gasteiger partial charge in [0.2, 0.25) is 0 Å². The first-order valence-corrected chi connectivity index (χ1v) is 5.12. The highest BCUT2D eigenvalue weighted by molar-refractivity contribution is 6.04. The van der Waals surface area contributed by atoms with Crippen LogP contribution in [0, 0.1) is 5.41 Å². The van der Waals surface area contributed by atoms with Gasteiger partial charge in [-0.25, -0.2) is 0 Å². The van der Waals surface area contributed by atoms with Crippen LogP contribution in [0.15, 0.2) is 36.0 Å². The van der Waals surface area contributed by atoms with Crippen LogP contribution in [0.2, 0.25) is 0 Å². The Kier molecular flexibility index (Phi) is 3.56. The lowest BCUT2D eigenvalue weighted by Gasteiger charge is -2.20. The van der Waals surface area contributed by atoms with Crippen molar-refractivity contribution in [3.8, 4) is 0 Å². The first kappa shape index (κ1) is 13.2. The number of allylic oxidation sites excluding steroid dienone is 3. The van der Waals surface area contributed by atoms with Gasteiger partial charge in [-0.1, -0.05) is 18.7 Å². The number of methoxy groups -OCH3 is 2. The molecule has 0 amide bonds. The van der Waals surface area contributed by atoms with E-state index in [4.69, 9.17) is 0 Å². The molecule has 0 fully saturated rings. The minimum Gasteiger partial charge on any atom is -0.468 e. The molecule has 1 aliphatic rings. The summed E-state index contributed by atoms with van der Waals surface area (Å²) in [7, 11) is 2.48. The zero-order chi connectivity index (χ0) is 13.2. The van der Waals surface area contributed by atoms with Crippen molar-refractivity contribution in [2.75, 3.05) is 14.2 Å². The molecule has 0 aromatic rings. The number of rotatable bonds is 3. The molecule has 0 heterocycles. The number of carbonyl (C=O) groups excluding carboxylic acids is 2. The van der Waals surface area contributed by atoms with Gasteiger partial charge >= 0.3 is 11.9 Å². The van der Waals surface area contributed by atoms with Crippen LogP contribution in [0.1, 0.15) is 13.3 Å². The van der Waals surface area contributed by atoms with E-state index >= 15 is 0 Å². The third-order valence-electron chi connectivity index (χ3n) is 2.82. The summed E-state index contributed by atoms with van der Waals surface area (Å²) in [5, 5.41) is 0. The van der Waals surface area contributed by atoms with E-state index in [1.807, 2.05) is 0 Å². The van der Waals surface area contributed by atoms with Crippen LogP contribution in [0.5, 0.6) is 0 Å². The van der Waals surface area contributed by atoms with Crippen molar-refractivity contribution in [3.63, 3.8) is 0 Å². The summed E-state index contributed by atoms with van der Waals surface area (Å²) < 4.78 is 9.36. The lowest BCUT2D eigenvalue weighted by molar-refractivity contribution is -0.164. The van der Waals surface area contributed by atoms with Crippen molar-refractivity contribution in [1.82, 2.24) is 0 Å². The summed E-state index contributed by atoms with van der Waals surface area (Å²) in [6.07, 6.45) is 1.71. The second kappa shape index (κ2) is 4.57. The standard InChI is InChI=1S/C13H16O4/c1-8(2)10-7-13(6-9(10)3,11(14)16-4)12(15)17-5/h7H,1,3,6H2,2,4-5H3. The second-order valence-corrected chi connectivity index (χ2v) is 4.07. The Balaban J connectivity index is 3.30. The monoisotopic (exact) mass is 236 g/mol. The molecule has 0 bridgehead atoms. The molecular weight excluding hydrogens is 220 g/mol. The van der Waals surface area contributed by atoms with Crippen molar-refractivity contribution in [1.29, 1.82) is 0 Å². The maximum absolute atomic E-state index is 11.8. The van der Waals surface area contributed by atoms with Gasteiger partial charge in [-0.05, 0) is 24.1 Å². The molecule has 0 unspecified atom stereocenters. The van der Waals surface area contributed by atoms with Crippen molar-refractivity contribution in [2.45, 2.75) is 13.3 Å². The van der Waals surface area contributed by atoms with Crippen molar-refractivity contribution in [3.05, 3.63) is 36.0 Å². The lowest BCUT2D eigenvalue weighted by Crippen LogP contribution is -2.38. The fraction of sp³-hybridized carbons (Fsp3) is 0.385. The van der Waals surface area contributed by atoms with Gasteiger partial charge in [-0.2, -0.15) is 0 Å². The topological polar surface area (TPSA) is 52.6 Å². The first-order chi connectivity index (χ1) is 7.89. The molecule has 0 spiro atoms. The van der Waals surface area contributed by atoms with Crippen LogP contribution in [0.25, 0.3) is 0 Å². The van der Waals surface area contributed by atoms with E-state index < -0.39 is 17.4 Å². The Morgan fingerprint density at radius 3 is 2.06 bits per heavy atom. The molecule has 0 aromatic heterocycles. The Labute approximate surface area is 101 Å². The van der Waals surface area contributed by atoms with Gasteiger partial charge in [0, 0.05) is 6.42 Å². The smallest absolute Gasteiger partial charge is 0.327 e. The van der Waals surface area contributed by atoms with Gasteiger partial charge in [-0.15, -0.1) is 0 Å². The van der Waals surface area contributed by atoms with Crippen molar-refractivity contribution in [2.24, 2.45) is 5.41 Å². The predicted molar refractivity (Wildman–Crippen MR) is 63.1 cm³/mol. The van der Waals surface area contributed by atoms with Crippen LogP contribution in [-0.4, -0.2) is 26.2 Å². The van der Waals surface area contributed by atoms with Crippen LogP contribution < -0.4 is 0 Å². The van der Waals surface area contributed by atoms with Crippen LogP contribution in [0.4, 0.5) is 0 Å². The highest BCUT2D eigenvalue weighted by Crippen LogP contribution is 2.43. The van der Waals surface area contributed by atoms with Crippen LogP contribution in [0.3, 0.4) is 0 Å². The quantitative estimate of drug-likeness (QED) is 0.553. The average molecular weight is 236 g/mol. The van der Waals surface area contributed by atoms with E-state index in [-0.39, 0.29) is 6.42 Å². The van der Waals surface area contributed by atoms with Gasteiger partial charge in [0.05, 0.1) is 14.2 Å². The normalized spacial score (nSPS) is 17.4. The Bertz CT molecular complexity index is 413. The minimum atomic E-state index is -1.41. The Hall–Kier alpha value is -1.84. The molecule has 0 aliphatic heterocycles. The largest absolute Gasteiger partial charge is 0.468 e. The summed E-state index contributed by atoms with van der Waals surface area (Å²) in [6, 6.07) is 0. The second-order valence-electron chi connectivity index (χ2n) is 4.07. The molecule has 0 N–H and O–H groups in total. The maximum atomic E-state index is 11.8. The van der Waals surface area contributed by atoms with Crippen LogP contribution >= 0.6 is 0 Å². The molecule has 17 heavy (non-hydrogen) atoms. The molecule has 0 atom stereocenters. The highest BCUT2D eigenvalue weighted by Gasteiger charge is 2.50. The van der Waals surface area contributed by atoms with E-state index in [0.717, 1.165) is 11.1 Å². The summed E-state index contributed by atoms with van der Waals surface area (Å²) in [5.74, 6) is -1.27. The molecule has 4 nitrogen and oxygen atoms in total. The third kappa shape index (κ3) is 2.02. The summed E-state index contributed by atoms with van der Waals surface area (Å²) >= 11 is 0. The molecule has 0 saturated heterocycles. The van der Waals surface area contributed by atoms with Gasteiger partial charge in [0.25, 0.3) is 0 Å². The number of hydrogen-bond donors (Lipinski definition) is 0. The number of ether oxygens (including phenoxy) is 2. The molecule has 0 aromatic carbocycles. The fourth-order valence-electron chi connectivity index (χ4n) is 1.97. The summed E-state index contributed by atoms with van der Waals surface area (Å²) in [6.45, 7) is 9.42. The molecule has 0 saturated carbocycles. The van der Waals surface area contributed by atoms with Gasteiger partial charge in [0.1, 0.15) is 0 Å². The van der Waals surface area contributed by atoms with E-state index in [9.17, 15) is 9.59 Å². The predicted octanol–water partition coefficient (Wildman–Crippen LogP) is 1.78. The molecule has 1 rings (SSSR count). The van der Waals surface area contributed by atoms with Crippen LogP contribution in [-0.2, 0) is 19.1 Å². The van der Waals surface area contributed by atoms with E-state index in [0.29, 0.717) is 5.57 Å². The molecule has 0 radical (unpaired) electrons. The first-order valence-electron chi connectivity index (χ1n) is 5.12. The molecule has 1 aliphatic carbocycles. The molecule has 4 heteroatoms. The van der Waals surface area contributed by atoms with E-state index in [1.54, 1.807) is 6.92 Å². The average Bonchev–Trinajstić information content (AvgIpc) is 2.66. The van der Waals surface area contributed by atoms with E-state index in [2.05, 4.69) is 22.6 Å². The van der Waals surface area contributed by atoms with E-state index in [1.165, 1.54) is 20.3 Å². The maximum Gasteiger partial charge on any atom is 0.327 e. The SMILES string of the molecule is C=C(C)C1=CC(C(=O)OC)(C(=O)OC)CC1=C. The molecule has 92 valence electrons.